The van der Waals surface area contributed by atoms with Crippen molar-refractivity contribution in [3.8, 4) is 5.75 Å². The van der Waals surface area contributed by atoms with Gasteiger partial charge in [0.2, 0.25) is 5.91 Å². The van der Waals surface area contributed by atoms with Crippen LogP contribution in [0.15, 0.2) is 16.6 Å². The van der Waals surface area contributed by atoms with Gasteiger partial charge in [0.25, 0.3) is 0 Å². The number of aliphatic carboxylic acids is 1. The number of hydrogen-bond donors (Lipinski definition) is 2. The Morgan fingerprint density at radius 3 is 2.70 bits per heavy atom. The first-order valence-corrected chi connectivity index (χ1v) is 7.24. The van der Waals surface area contributed by atoms with E-state index in [1.165, 1.54) is 0 Å². The van der Waals surface area contributed by atoms with Crippen LogP contribution < -0.4 is 10.1 Å². The summed E-state index contributed by atoms with van der Waals surface area (Å²) in [5.74, 6) is -0.692. The number of benzene rings is 1. The van der Waals surface area contributed by atoms with Gasteiger partial charge >= 0.3 is 5.97 Å². The third kappa shape index (κ3) is 5.38. The lowest BCUT2D eigenvalue weighted by Crippen LogP contribution is -2.13. The number of carboxylic acid groups (broad SMARTS) is 1. The van der Waals surface area contributed by atoms with Gasteiger partial charge in [-0.25, -0.2) is 0 Å². The molecule has 7 heteroatoms. The Morgan fingerprint density at radius 2 is 2.10 bits per heavy atom. The van der Waals surface area contributed by atoms with E-state index in [1.54, 1.807) is 12.1 Å². The average molecular weight is 365 g/mol. The lowest BCUT2D eigenvalue weighted by Gasteiger charge is -2.13. The highest BCUT2D eigenvalue weighted by molar-refractivity contribution is 9.10. The molecule has 0 spiro atoms. The van der Waals surface area contributed by atoms with Crippen molar-refractivity contribution >= 4 is 45.1 Å². The fraction of sp³-hybridized carbons (Fsp3) is 0.385. The molecule has 2 N–H and O–H groups in total. The number of carbonyl (C=O) groups is 2. The van der Waals surface area contributed by atoms with Crippen LogP contribution in [0.4, 0.5) is 5.69 Å². The van der Waals surface area contributed by atoms with Crippen LogP contribution in [0, 0.1) is 0 Å². The number of carbonyl (C=O) groups excluding carboxylic acids is 1. The molecule has 20 heavy (non-hydrogen) atoms. The van der Waals surface area contributed by atoms with Gasteiger partial charge in [-0.2, -0.15) is 0 Å². The predicted molar refractivity (Wildman–Crippen MR) is 80.4 cm³/mol. The van der Waals surface area contributed by atoms with Crippen molar-refractivity contribution in [2.24, 2.45) is 0 Å². The number of ether oxygens (including phenoxy) is 1. The largest absolute Gasteiger partial charge is 0.491 e. The van der Waals surface area contributed by atoms with Crippen molar-refractivity contribution in [3.05, 3.63) is 21.6 Å². The predicted octanol–water partition coefficient (Wildman–Crippen LogP) is 3.69. The molecule has 5 nitrogen and oxygen atoms in total. The summed E-state index contributed by atoms with van der Waals surface area (Å²) in [4.78, 5) is 22.1. The zero-order valence-corrected chi connectivity index (χ0v) is 13.3. The Bertz CT molecular complexity index is 507. The van der Waals surface area contributed by atoms with Gasteiger partial charge < -0.3 is 15.2 Å². The number of hydrogen-bond acceptors (Lipinski definition) is 3. The van der Waals surface area contributed by atoms with Crippen molar-refractivity contribution in [1.82, 2.24) is 0 Å². The highest BCUT2D eigenvalue weighted by atomic mass is 79.9. The van der Waals surface area contributed by atoms with Crippen molar-refractivity contribution in [2.75, 3.05) is 11.9 Å². The first-order chi connectivity index (χ1) is 9.43. The molecule has 1 aromatic rings. The minimum absolute atomic E-state index is 0.0367. The molecule has 0 saturated heterocycles. The number of nitrogens with one attached hydrogen (secondary N) is 1. The van der Waals surface area contributed by atoms with Gasteiger partial charge in [0.15, 0.2) is 5.75 Å². The van der Waals surface area contributed by atoms with Gasteiger partial charge in [-0.15, -0.1) is 0 Å². The van der Waals surface area contributed by atoms with Crippen LogP contribution in [0.5, 0.6) is 5.75 Å². The van der Waals surface area contributed by atoms with Crippen molar-refractivity contribution < 1.29 is 19.4 Å². The third-order valence-electron chi connectivity index (χ3n) is 2.37. The maximum absolute atomic E-state index is 11.8. The zero-order chi connectivity index (χ0) is 15.1. The number of carboxylic acids is 1. The topological polar surface area (TPSA) is 75.6 Å². The van der Waals surface area contributed by atoms with Crippen LogP contribution in [0.25, 0.3) is 0 Å². The van der Waals surface area contributed by atoms with Crippen LogP contribution in [-0.4, -0.2) is 23.6 Å². The molecule has 0 heterocycles. The van der Waals surface area contributed by atoms with Gasteiger partial charge in [-0.05, 0) is 41.4 Å². The van der Waals surface area contributed by atoms with Gasteiger partial charge in [-0.3, -0.25) is 9.59 Å². The molecule has 1 aromatic carbocycles. The number of halogens is 2. The van der Waals surface area contributed by atoms with E-state index in [2.05, 4.69) is 21.2 Å². The molecule has 0 fully saturated rings. The Kier molecular flexibility index (Phi) is 6.81. The van der Waals surface area contributed by atoms with Crippen LogP contribution in [0.3, 0.4) is 0 Å². The molecule has 0 bridgehead atoms. The molecule has 0 aliphatic heterocycles. The monoisotopic (exact) mass is 363 g/mol. The Balaban J connectivity index is 2.75. The van der Waals surface area contributed by atoms with Crippen molar-refractivity contribution in [3.63, 3.8) is 0 Å². The molecular formula is C13H15BrClNO4. The summed E-state index contributed by atoms with van der Waals surface area (Å²) in [7, 11) is 0. The number of rotatable bonds is 7. The SMILES string of the molecule is CCOc1c(Br)cc(Cl)cc1NC(=O)CCCC(=O)O. The fourth-order valence-electron chi connectivity index (χ4n) is 1.56. The normalized spacial score (nSPS) is 10.2. The maximum atomic E-state index is 11.8. The second kappa shape index (κ2) is 8.11. The first-order valence-electron chi connectivity index (χ1n) is 6.07. The highest BCUT2D eigenvalue weighted by Crippen LogP contribution is 2.36. The van der Waals surface area contributed by atoms with E-state index in [0.29, 0.717) is 27.5 Å². The summed E-state index contributed by atoms with van der Waals surface area (Å²) in [5, 5.41) is 11.7. The molecular weight excluding hydrogens is 350 g/mol. The molecule has 0 aromatic heterocycles. The van der Waals surface area contributed by atoms with E-state index in [4.69, 9.17) is 21.4 Å². The minimum atomic E-state index is -0.918. The summed E-state index contributed by atoms with van der Waals surface area (Å²) >= 11 is 9.26. The minimum Gasteiger partial charge on any atom is -0.491 e. The molecule has 0 atom stereocenters. The van der Waals surface area contributed by atoms with Gasteiger partial charge in [0, 0.05) is 17.9 Å². The molecule has 0 radical (unpaired) electrons. The van der Waals surface area contributed by atoms with Crippen LogP contribution in [-0.2, 0) is 9.59 Å². The summed E-state index contributed by atoms with van der Waals surface area (Å²) in [6, 6.07) is 3.26. The molecule has 0 aliphatic rings. The van der Waals surface area contributed by atoms with E-state index in [1.807, 2.05) is 6.92 Å². The molecule has 0 unspecified atom stereocenters. The quantitative estimate of drug-likeness (QED) is 0.773. The van der Waals surface area contributed by atoms with E-state index < -0.39 is 5.97 Å². The highest BCUT2D eigenvalue weighted by Gasteiger charge is 2.13. The molecule has 1 rings (SSSR count). The number of amides is 1. The summed E-state index contributed by atoms with van der Waals surface area (Å²) < 4.78 is 6.10. The van der Waals surface area contributed by atoms with Crippen molar-refractivity contribution in [1.29, 1.82) is 0 Å². The molecule has 0 saturated carbocycles. The zero-order valence-electron chi connectivity index (χ0n) is 10.9. The van der Waals surface area contributed by atoms with Crippen LogP contribution in [0.2, 0.25) is 5.02 Å². The van der Waals surface area contributed by atoms with Crippen LogP contribution in [0.1, 0.15) is 26.2 Å². The lowest BCUT2D eigenvalue weighted by atomic mass is 10.2. The standard InChI is InChI=1S/C13H15BrClNO4/c1-2-20-13-9(14)6-8(15)7-10(13)16-11(17)4-3-5-12(18)19/h6-7H,2-5H2,1H3,(H,16,17)(H,18,19). The second-order valence-corrected chi connectivity index (χ2v) is 5.28. The number of anilines is 1. The summed E-state index contributed by atoms with van der Waals surface area (Å²) in [5.41, 5.74) is 0.464. The molecule has 1 amide bonds. The Morgan fingerprint density at radius 1 is 1.40 bits per heavy atom. The Hall–Kier alpha value is -1.27. The average Bonchev–Trinajstić information content (AvgIpc) is 2.33. The molecule has 110 valence electrons. The van der Waals surface area contributed by atoms with Crippen molar-refractivity contribution in [2.45, 2.75) is 26.2 Å². The lowest BCUT2D eigenvalue weighted by molar-refractivity contribution is -0.137. The van der Waals surface area contributed by atoms with Gasteiger partial charge in [0.05, 0.1) is 16.8 Å². The first kappa shape index (κ1) is 16.8. The van der Waals surface area contributed by atoms with E-state index in [0.717, 1.165) is 0 Å². The van der Waals surface area contributed by atoms with Gasteiger partial charge in [-0.1, -0.05) is 11.6 Å². The van der Waals surface area contributed by atoms with E-state index in [-0.39, 0.29) is 25.2 Å². The van der Waals surface area contributed by atoms with Crippen LogP contribution >= 0.6 is 27.5 Å². The molecule has 0 aliphatic carbocycles. The smallest absolute Gasteiger partial charge is 0.303 e. The summed E-state index contributed by atoms with van der Waals surface area (Å²) in [6.45, 7) is 2.28. The maximum Gasteiger partial charge on any atom is 0.303 e. The second-order valence-electron chi connectivity index (χ2n) is 3.99. The fourth-order valence-corrected chi connectivity index (χ4v) is 2.48. The van der Waals surface area contributed by atoms with E-state index in [9.17, 15) is 9.59 Å². The van der Waals surface area contributed by atoms with Gasteiger partial charge in [0.1, 0.15) is 0 Å². The summed E-state index contributed by atoms with van der Waals surface area (Å²) in [6.07, 6.45) is 0.375. The van der Waals surface area contributed by atoms with E-state index >= 15 is 0 Å². The third-order valence-corrected chi connectivity index (χ3v) is 3.17. The Labute approximate surface area is 130 Å².